The molecule has 0 bridgehead atoms. The second kappa shape index (κ2) is 3.96. The Labute approximate surface area is 103 Å². The first-order valence-corrected chi connectivity index (χ1v) is 6.88. The number of hydrogen-bond acceptors (Lipinski definition) is 2. The van der Waals surface area contributed by atoms with Crippen LogP contribution in [0, 0.1) is 11.8 Å². The summed E-state index contributed by atoms with van der Waals surface area (Å²) in [6.07, 6.45) is 9.80. The Balaban J connectivity index is 2.06. The minimum Gasteiger partial charge on any atom is -0.392 e. The Morgan fingerprint density at radius 2 is 2.18 bits per heavy atom. The third kappa shape index (κ3) is 1.78. The minimum absolute atomic E-state index is 0.178. The van der Waals surface area contributed by atoms with E-state index in [1.54, 1.807) is 0 Å². The van der Waals surface area contributed by atoms with E-state index in [4.69, 9.17) is 0 Å². The monoisotopic (exact) mass is 234 g/mol. The Kier molecular flexibility index (Phi) is 2.68. The molecular formula is C15H22O2. The van der Waals surface area contributed by atoms with Gasteiger partial charge in [0.1, 0.15) is 0 Å². The fourth-order valence-corrected chi connectivity index (χ4v) is 4.09. The Bertz CT molecular complexity index is 382. The maximum Gasteiger partial charge on any atom is 0.0722 e. The van der Waals surface area contributed by atoms with E-state index in [9.17, 15) is 10.2 Å². The van der Waals surface area contributed by atoms with Gasteiger partial charge in [0.2, 0.25) is 0 Å². The summed E-state index contributed by atoms with van der Waals surface area (Å²) >= 11 is 0. The van der Waals surface area contributed by atoms with E-state index < -0.39 is 5.60 Å². The number of allylic oxidation sites excluding steroid dienone is 2. The van der Waals surface area contributed by atoms with E-state index in [0.29, 0.717) is 0 Å². The Morgan fingerprint density at radius 3 is 3.00 bits per heavy atom. The van der Waals surface area contributed by atoms with Crippen LogP contribution in [-0.4, -0.2) is 21.9 Å². The number of aliphatic hydroxyl groups is 2. The lowest BCUT2D eigenvalue weighted by molar-refractivity contribution is -0.0926. The minimum atomic E-state index is -0.565. The fourth-order valence-electron chi connectivity index (χ4n) is 4.09. The summed E-state index contributed by atoms with van der Waals surface area (Å²) in [4.78, 5) is 0. The molecule has 2 nitrogen and oxygen atoms in total. The first-order chi connectivity index (χ1) is 8.10. The largest absolute Gasteiger partial charge is 0.392 e. The third-order valence-electron chi connectivity index (χ3n) is 4.97. The van der Waals surface area contributed by atoms with Crippen molar-refractivity contribution in [3.63, 3.8) is 0 Å². The summed E-state index contributed by atoms with van der Waals surface area (Å²) in [5.41, 5.74) is 2.09. The number of rotatable bonds is 0. The van der Waals surface area contributed by atoms with Gasteiger partial charge >= 0.3 is 0 Å². The molecule has 0 aromatic heterocycles. The quantitative estimate of drug-likeness (QED) is 0.676. The van der Waals surface area contributed by atoms with Crippen molar-refractivity contribution in [2.45, 2.75) is 57.2 Å². The normalized spacial score (nSPS) is 45.5. The summed E-state index contributed by atoms with van der Waals surface area (Å²) in [5.74, 6) is 0.452. The molecule has 0 amide bonds. The SMILES string of the molecule is CC1=CC2=CC[C@@H](O)[C@H]3CCC[C@@](O)(CC1)[C@H]23. The van der Waals surface area contributed by atoms with Crippen molar-refractivity contribution in [3.8, 4) is 0 Å². The average molecular weight is 234 g/mol. The van der Waals surface area contributed by atoms with Gasteiger partial charge in [0, 0.05) is 5.92 Å². The van der Waals surface area contributed by atoms with Crippen molar-refractivity contribution >= 4 is 0 Å². The zero-order valence-electron chi connectivity index (χ0n) is 10.5. The van der Waals surface area contributed by atoms with Gasteiger partial charge in [-0.3, -0.25) is 0 Å². The molecule has 17 heavy (non-hydrogen) atoms. The van der Waals surface area contributed by atoms with Crippen molar-refractivity contribution in [1.29, 1.82) is 0 Å². The zero-order chi connectivity index (χ0) is 12.0. The molecule has 3 aliphatic rings. The van der Waals surface area contributed by atoms with E-state index in [1.807, 2.05) is 0 Å². The first-order valence-electron chi connectivity index (χ1n) is 6.88. The van der Waals surface area contributed by atoms with Crippen LogP contribution in [0.5, 0.6) is 0 Å². The highest BCUT2D eigenvalue weighted by atomic mass is 16.3. The molecule has 3 aliphatic carbocycles. The van der Waals surface area contributed by atoms with Gasteiger partial charge in [0.05, 0.1) is 11.7 Å². The van der Waals surface area contributed by atoms with Gasteiger partial charge in [-0.15, -0.1) is 0 Å². The number of aliphatic hydroxyl groups excluding tert-OH is 1. The van der Waals surface area contributed by atoms with E-state index in [0.717, 1.165) is 38.5 Å². The van der Waals surface area contributed by atoms with Crippen LogP contribution < -0.4 is 0 Å². The molecule has 2 N–H and O–H groups in total. The van der Waals surface area contributed by atoms with Crippen LogP contribution in [-0.2, 0) is 0 Å². The highest BCUT2D eigenvalue weighted by Gasteiger charge is 2.49. The molecule has 0 saturated heterocycles. The molecule has 0 heterocycles. The highest BCUT2D eigenvalue weighted by molar-refractivity contribution is 5.34. The second-order valence-corrected chi connectivity index (χ2v) is 6.14. The molecule has 0 aliphatic heterocycles. The van der Waals surface area contributed by atoms with Crippen molar-refractivity contribution in [3.05, 3.63) is 23.3 Å². The lowest BCUT2D eigenvalue weighted by Crippen LogP contribution is -2.50. The topological polar surface area (TPSA) is 40.5 Å². The molecule has 1 fully saturated rings. The molecule has 0 spiro atoms. The van der Waals surface area contributed by atoms with E-state index in [1.165, 1.54) is 11.1 Å². The zero-order valence-corrected chi connectivity index (χ0v) is 10.5. The fraction of sp³-hybridized carbons (Fsp3) is 0.733. The molecule has 0 aromatic carbocycles. The van der Waals surface area contributed by atoms with Crippen LogP contribution in [0.2, 0.25) is 0 Å². The van der Waals surface area contributed by atoms with E-state index in [-0.39, 0.29) is 17.9 Å². The number of hydrogen-bond donors (Lipinski definition) is 2. The van der Waals surface area contributed by atoms with Gasteiger partial charge in [-0.25, -0.2) is 0 Å². The van der Waals surface area contributed by atoms with Crippen LogP contribution in [0.25, 0.3) is 0 Å². The lowest BCUT2D eigenvalue weighted by Gasteiger charge is -2.48. The van der Waals surface area contributed by atoms with Gasteiger partial charge in [-0.05, 0) is 50.5 Å². The van der Waals surface area contributed by atoms with Crippen LogP contribution >= 0.6 is 0 Å². The molecule has 94 valence electrons. The van der Waals surface area contributed by atoms with Gasteiger partial charge in [-0.1, -0.05) is 24.1 Å². The second-order valence-electron chi connectivity index (χ2n) is 6.14. The first kappa shape index (κ1) is 11.5. The molecule has 0 radical (unpaired) electrons. The summed E-state index contributed by atoms with van der Waals surface area (Å²) in [6.45, 7) is 2.15. The van der Waals surface area contributed by atoms with Crippen molar-refractivity contribution in [1.82, 2.24) is 0 Å². The van der Waals surface area contributed by atoms with Crippen molar-refractivity contribution in [2.24, 2.45) is 11.8 Å². The predicted molar refractivity (Wildman–Crippen MR) is 67.5 cm³/mol. The molecule has 0 unspecified atom stereocenters. The van der Waals surface area contributed by atoms with Gasteiger partial charge in [0.25, 0.3) is 0 Å². The Hall–Kier alpha value is -0.600. The van der Waals surface area contributed by atoms with Gasteiger partial charge in [0.15, 0.2) is 0 Å². The maximum atomic E-state index is 10.9. The molecule has 3 rings (SSSR count). The molecular weight excluding hydrogens is 212 g/mol. The van der Waals surface area contributed by atoms with Crippen LogP contribution in [0.1, 0.15) is 45.4 Å². The van der Waals surface area contributed by atoms with E-state index >= 15 is 0 Å². The summed E-state index contributed by atoms with van der Waals surface area (Å²) < 4.78 is 0. The van der Waals surface area contributed by atoms with Gasteiger partial charge < -0.3 is 10.2 Å². The molecule has 0 aromatic rings. The van der Waals surface area contributed by atoms with Crippen LogP contribution in [0.3, 0.4) is 0 Å². The predicted octanol–water partition coefficient (Wildman–Crippen LogP) is 2.56. The molecule has 4 atom stereocenters. The smallest absolute Gasteiger partial charge is 0.0722 e. The lowest BCUT2D eigenvalue weighted by atomic mass is 9.61. The summed E-state index contributed by atoms with van der Waals surface area (Å²) in [7, 11) is 0. The van der Waals surface area contributed by atoms with Crippen molar-refractivity contribution < 1.29 is 10.2 Å². The van der Waals surface area contributed by atoms with E-state index in [2.05, 4.69) is 19.1 Å². The van der Waals surface area contributed by atoms with Gasteiger partial charge in [-0.2, -0.15) is 0 Å². The highest BCUT2D eigenvalue weighted by Crippen LogP contribution is 2.50. The van der Waals surface area contributed by atoms with Crippen LogP contribution in [0.4, 0.5) is 0 Å². The summed E-state index contributed by atoms with van der Waals surface area (Å²) in [6, 6.07) is 0. The molecule has 2 heteroatoms. The van der Waals surface area contributed by atoms with Crippen molar-refractivity contribution in [2.75, 3.05) is 0 Å². The Morgan fingerprint density at radius 1 is 1.35 bits per heavy atom. The van der Waals surface area contributed by atoms with Crippen LogP contribution in [0.15, 0.2) is 23.3 Å². The maximum absolute atomic E-state index is 10.9. The average Bonchev–Trinajstić information content (AvgIpc) is 2.43. The standard InChI is InChI=1S/C15H22O2/c1-10-6-8-15(17)7-2-3-12-13(16)5-4-11(9-10)14(12)15/h4,9,12-14,16-17H,2-3,5-8H2,1H3/t12-,13-,14-,15-/m1/s1. The molecule has 1 saturated carbocycles. The third-order valence-corrected chi connectivity index (χ3v) is 4.97. The summed E-state index contributed by atoms with van der Waals surface area (Å²) in [5, 5.41) is 21.1.